The van der Waals surface area contributed by atoms with Crippen molar-refractivity contribution in [1.82, 2.24) is 19.3 Å². The molecule has 0 bridgehead atoms. The molecule has 0 aliphatic carbocycles. The minimum Gasteiger partial charge on any atom is -0.365 e. The molecule has 4 heterocycles. The summed E-state index contributed by atoms with van der Waals surface area (Å²) in [7, 11) is 1.74. The van der Waals surface area contributed by atoms with E-state index < -0.39 is 0 Å². The van der Waals surface area contributed by atoms with E-state index in [-0.39, 0.29) is 29.4 Å². The molecule has 2 aromatic rings. The second kappa shape index (κ2) is 7.37. The molecule has 3 aliphatic heterocycles. The van der Waals surface area contributed by atoms with E-state index >= 15 is 4.39 Å². The van der Waals surface area contributed by atoms with Gasteiger partial charge >= 0.3 is 0 Å². The molecule has 1 atom stereocenters. The molecular formula is C23H27F2N5O. The summed E-state index contributed by atoms with van der Waals surface area (Å²) < 4.78 is 31.8. The van der Waals surface area contributed by atoms with Gasteiger partial charge in [-0.1, -0.05) is 6.08 Å². The van der Waals surface area contributed by atoms with Gasteiger partial charge < -0.3 is 19.7 Å². The van der Waals surface area contributed by atoms with Crippen molar-refractivity contribution in [3.63, 3.8) is 0 Å². The predicted octanol–water partition coefficient (Wildman–Crippen LogP) is 3.36. The molecule has 3 aliphatic rings. The van der Waals surface area contributed by atoms with Crippen molar-refractivity contribution in [2.45, 2.75) is 26.4 Å². The largest absolute Gasteiger partial charge is 0.365 e. The Labute approximate surface area is 180 Å². The molecule has 1 fully saturated rings. The predicted molar refractivity (Wildman–Crippen MR) is 117 cm³/mol. The average Bonchev–Trinajstić information content (AvgIpc) is 3.08. The summed E-state index contributed by atoms with van der Waals surface area (Å²) in [5.41, 5.74) is 3.19. The number of anilines is 1. The first kappa shape index (κ1) is 20.1. The van der Waals surface area contributed by atoms with Crippen molar-refractivity contribution >= 4 is 22.5 Å². The Kier molecular flexibility index (Phi) is 4.77. The minimum atomic E-state index is -0.361. The van der Waals surface area contributed by atoms with Crippen LogP contribution in [0.2, 0.25) is 0 Å². The zero-order chi connectivity index (χ0) is 21.9. The first-order valence-corrected chi connectivity index (χ1v) is 10.7. The summed E-state index contributed by atoms with van der Waals surface area (Å²) in [6, 6.07) is 3.55. The number of piperazine rings is 1. The van der Waals surface area contributed by atoms with Gasteiger partial charge in [-0.3, -0.25) is 9.69 Å². The third-order valence-electron chi connectivity index (χ3n) is 6.65. The third kappa shape index (κ3) is 3.20. The number of amides is 1. The van der Waals surface area contributed by atoms with Crippen molar-refractivity contribution in [3.8, 4) is 0 Å². The van der Waals surface area contributed by atoms with Gasteiger partial charge in [-0.2, -0.15) is 4.39 Å². The number of nitrogens with one attached hydrogen (secondary N) is 1. The van der Waals surface area contributed by atoms with E-state index in [1.165, 1.54) is 0 Å². The number of rotatable bonds is 3. The summed E-state index contributed by atoms with van der Waals surface area (Å²) in [6.45, 7) is 7.59. The molecule has 164 valence electrons. The lowest BCUT2D eigenvalue weighted by molar-refractivity contribution is -0.119. The molecule has 1 N–H and O–H groups in total. The van der Waals surface area contributed by atoms with Gasteiger partial charge in [-0.05, 0) is 32.1 Å². The van der Waals surface area contributed by atoms with Crippen molar-refractivity contribution < 1.29 is 13.6 Å². The fourth-order valence-corrected chi connectivity index (χ4v) is 4.93. The fraction of sp³-hybridized carbons (Fsp3) is 0.435. The highest BCUT2D eigenvalue weighted by Crippen LogP contribution is 2.38. The summed E-state index contributed by atoms with van der Waals surface area (Å²) in [4.78, 5) is 18.2. The number of carbonyl (C=O) groups excluding carboxylic acids is 1. The first-order valence-electron chi connectivity index (χ1n) is 10.7. The van der Waals surface area contributed by atoms with Crippen LogP contribution in [0.25, 0.3) is 10.9 Å². The lowest BCUT2D eigenvalue weighted by atomic mass is 10.1. The third-order valence-corrected chi connectivity index (χ3v) is 6.65. The summed E-state index contributed by atoms with van der Waals surface area (Å²) >= 11 is 0. The molecule has 31 heavy (non-hydrogen) atoms. The van der Waals surface area contributed by atoms with Crippen LogP contribution in [0.5, 0.6) is 0 Å². The summed E-state index contributed by atoms with van der Waals surface area (Å²) in [5.74, 6) is -0.755. The molecule has 1 unspecified atom stereocenters. The maximum Gasteiger partial charge on any atom is 0.247 e. The van der Waals surface area contributed by atoms with E-state index in [2.05, 4.69) is 10.2 Å². The van der Waals surface area contributed by atoms with Gasteiger partial charge in [-0.25, -0.2) is 4.39 Å². The Balaban J connectivity index is 1.37. The van der Waals surface area contributed by atoms with Gasteiger partial charge in [0.15, 0.2) is 5.82 Å². The molecule has 1 aromatic carbocycles. The van der Waals surface area contributed by atoms with Gasteiger partial charge in [0.05, 0.1) is 11.2 Å². The zero-order valence-electron chi connectivity index (χ0n) is 18.1. The maximum absolute atomic E-state index is 15.4. The van der Waals surface area contributed by atoms with Crippen LogP contribution in [-0.2, 0) is 11.3 Å². The maximum atomic E-state index is 15.4. The first-order chi connectivity index (χ1) is 14.8. The quantitative estimate of drug-likeness (QED) is 0.763. The molecular weight excluding hydrogens is 400 g/mol. The number of hydrogen-bond donors (Lipinski definition) is 1. The van der Waals surface area contributed by atoms with Crippen LogP contribution < -0.4 is 5.32 Å². The van der Waals surface area contributed by atoms with Crippen molar-refractivity contribution in [2.24, 2.45) is 0 Å². The van der Waals surface area contributed by atoms with Crippen LogP contribution in [0.1, 0.15) is 24.2 Å². The average molecular weight is 427 g/mol. The van der Waals surface area contributed by atoms with Crippen LogP contribution in [0.4, 0.5) is 14.5 Å². The van der Waals surface area contributed by atoms with Gasteiger partial charge in [0.1, 0.15) is 11.7 Å². The lowest BCUT2D eigenvalue weighted by Gasteiger charge is -2.38. The SMILES string of the molecule is Cc1cc2cc(CN3CCN(C4=C(F)N(C)CC=C4)CC3)c(F)c3c2n1C(C)C(=O)N3. The zero-order valence-corrected chi connectivity index (χ0v) is 18.1. The van der Waals surface area contributed by atoms with Crippen LogP contribution in [-0.4, -0.2) is 64.9 Å². The Morgan fingerprint density at radius 2 is 1.90 bits per heavy atom. The van der Waals surface area contributed by atoms with E-state index in [9.17, 15) is 9.18 Å². The van der Waals surface area contributed by atoms with E-state index in [0.29, 0.717) is 50.5 Å². The van der Waals surface area contributed by atoms with Gasteiger partial charge in [0.2, 0.25) is 11.9 Å². The van der Waals surface area contributed by atoms with E-state index in [0.717, 1.165) is 16.6 Å². The number of halogens is 2. The van der Waals surface area contributed by atoms with Crippen molar-refractivity contribution in [1.29, 1.82) is 0 Å². The van der Waals surface area contributed by atoms with Gasteiger partial charge in [-0.15, -0.1) is 0 Å². The Hall–Kier alpha value is -2.87. The Bertz CT molecular complexity index is 1130. The Morgan fingerprint density at radius 3 is 2.65 bits per heavy atom. The number of hydrogen-bond acceptors (Lipinski definition) is 4. The molecule has 8 heteroatoms. The number of nitrogens with zero attached hydrogens (tertiary/aromatic N) is 4. The number of likely N-dealkylation sites (N-methyl/N-ethyl adjacent to an activating group) is 1. The molecule has 0 radical (unpaired) electrons. The van der Waals surface area contributed by atoms with Crippen LogP contribution in [0, 0.1) is 12.7 Å². The number of benzene rings is 1. The Morgan fingerprint density at radius 1 is 1.16 bits per heavy atom. The molecule has 6 nitrogen and oxygen atoms in total. The lowest BCUT2D eigenvalue weighted by Crippen LogP contribution is -2.46. The number of allylic oxidation sites excluding steroid dienone is 1. The highest BCUT2D eigenvalue weighted by Gasteiger charge is 2.30. The highest BCUT2D eigenvalue weighted by molar-refractivity contribution is 6.07. The number of carbonyl (C=O) groups is 1. The molecule has 0 saturated carbocycles. The fourth-order valence-electron chi connectivity index (χ4n) is 4.93. The smallest absolute Gasteiger partial charge is 0.247 e. The van der Waals surface area contributed by atoms with Gasteiger partial charge in [0.25, 0.3) is 0 Å². The van der Waals surface area contributed by atoms with Gasteiger partial charge in [0, 0.05) is 63.0 Å². The van der Waals surface area contributed by atoms with Crippen LogP contribution in [0.3, 0.4) is 0 Å². The highest BCUT2D eigenvalue weighted by atomic mass is 19.1. The molecule has 1 aromatic heterocycles. The molecule has 1 amide bonds. The molecule has 5 rings (SSSR count). The standard InChI is InChI=1S/C23H27F2N5O/c1-14-11-16-12-17(19(24)20-21(16)30(14)15(2)23(31)26-20)13-28-7-9-29(10-8-28)18-5-4-6-27(3)22(18)25/h4-5,11-12,15H,6-10,13H2,1-3H3,(H,26,31). The summed E-state index contributed by atoms with van der Waals surface area (Å²) in [6.07, 6.45) is 3.81. The van der Waals surface area contributed by atoms with E-state index in [1.54, 1.807) is 11.9 Å². The second-order valence-electron chi connectivity index (χ2n) is 8.71. The van der Waals surface area contributed by atoms with Crippen LogP contribution >= 0.6 is 0 Å². The monoisotopic (exact) mass is 427 g/mol. The summed E-state index contributed by atoms with van der Waals surface area (Å²) in [5, 5.41) is 3.71. The molecule has 1 saturated heterocycles. The number of aryl methyl sites for hydroxylation is 1. The minimum absolute atomic E-state index is 0.196. The van der Waals surface area contributed by atoms with E-state index in [4.69, 9.17) is 0 Å². The molecule has 0 spiro atoms. The van der Waals surface area contributed by atoms with Crippen LogP contribution in [0.15, 0.2) is 35.9 Å². The second-order valence-corrected chi connectivity index (χ2v) is 8.71. The van der Waals surface area contributed by atoms with E-state index in [1.807, 2.05) is 47.6 Å². The topological polar surface area (TPSA) is 43.8 Å². The van der Waals surface area contributed by atoms with Crippen molar-refractivity contribution in [2.75, 3.05) is 45.1 Å². The normalized spacial score (nSPS) is 22.0. The number of aromatic nitrogens is 1. The van der Waals surface area contributed by atoms with Crippen molar-refractivity contribution in [3.05, 3.63) is 53.0 Å².